The maximum absolute atomic E-state index is 13.2. The van der Waals surface area contributed by atoms with Gasteiger partial charge in [-0.15, -0.1) is 0 Å². The van der Waals surface area contributed by atoms with Gasteiger partial charge in [-0.3, -0.25) is 9.59 Å². The number of Topliss-reactive ketones (excluding diaryl/α,β-unsaturated/α-hetero) is 1. The van der Waals surface area contributed by atoms with E-state index in [2.05, 4.69) is 0 Å². The quantitative estimate of drug-likeness (QED) is 0.437. The van der Waals surface area contributed by atoms with E-state index in [9.17, 15) is 14.7 Å². The molecule has 2 atom stereocenters. The Morgan fingerprint density at radius 2 is 1.97 bits per heavy atom. The summed E-state index contributed by atoms with van der Waals surface area (Å²) >= 11 is 0. The highest BCUT2D eigenvalue weighted by atomic mass is 16.7. The van der Waals surface area contributed by atoms with Crippen molar-refractivity contribution in [2.24, 2.45) is 0 Å². The Morgan fingerprint density at radius 3 is 2.75 bits per heavy atom. The smallest absolute Gasteiger partial charge is 0.295 e. The maximum atomic E-state index is 13.2. The van der Waals surface area contributed by atoms with Crippen LogP contribution in [0.1, 0.15) is 30.0 Å². The number of likely N-dealkylation sites (tertiary alicyclic amines) is 1. The van der Waals surface area contributed by atoms with Crippen molar-refractivity contribution in [3.63, 3.8) is 0 Å². The molecule has 0 radical (unpaired) electrons. The first-order valence-corrected chi connectivity index (χ1v) is 10.5. The zero-order chi connectivity index (χ0) is 22.2. The van der Waals surface area contributed by atoms with Crippen molar-refractivity contribution in [3.8, 4) is 17.2 Å². The van der Waals surface area contributed by atoms with Crippen LogP contribution >= 0.6 is 0 Å². The number of amides is 1. The third kappa shape index (κ3) is 3.36. The van der Waals surface area contributed by atoms with Crippen LogP contribution in [-0.4, -0.2) is 54.9 Å². The van der Waals surface area contributed by atoms with Crippen molar-refractivity contribution < 1.29 is 33.6 Å². The summed E-state index contributed by atoms with van der Waals surface area (Å²) in [4.78, 5) is 27.8. The SMILES string of the molecule is COc1ccccc1C1/C(=C(\O)c2ccc3c(c2)OCO3)C(=O)C(=O)N1CC1CCCO1. The molecule has 2 aromatic rings. The molecule has 0 spiro atoms. The molecule has 0 saturated carbocycles. The van der Waals surface area contributed by atoms with Crippen LogP contribution in [0.3, 0.4) is 0 Å². The van der Waals surface area contributed by atoms with E-state index in [-0.39, 0.29) is 30.8 Å². The first-order valence-electron chi connectivity index (χ1n) is 10.5. The highest BCUT2D eigenvalue weighted by Crippen LogP contribution is 2.44. The fourth-order valence-electron chi connectivity index (χ4n) is 4.49. The van der Waals surface area contributed by atoms with Crippen molar-refractivity contribution >= 4 is 17.4 Å². The lowest BCUT2D eigenvalue weighted by atomic mass is 9.94. The number of rotatable bonds is 5. The number of fused-ring (bicyclic) bond motifs is 1. The van der Waals surface area contributed by atoms with Gasteiger partial charge >= 0.3 is 0 Å². The summed E-state index contributed by atoms with van der Waals surface area (Å²) in [5, 5.41) is 11.2. The van der Waals surface area contributed by atoms with E-state index in [0.29, 0.717) is 35.0 Å². The molecule has 3 heterocycles. The molecule has 8 nitrogen and oxygen atoms in total. The third-order valence-electron chi connectivity index (χ3n) is 6.04. The van der Waals surface area contributed by atoms with Gasteiger partial charge in [0.15, 0.2) is 11.5 Å². The van der Waals surface area contributed by atoms with Gasteiger partial charge in [-0.2, -0.15) is 0 Å². The highest BCUT2D eigenvalue weighted by Gasteiger charge is 2.48. The van der Waals surface area contributed by atoms with Crippen LogP contribution < -0.4 is 14.2 Å². The van der Waals surface area contributed by atoms with Crippen LogP contribution in [-0.2, 0) is 14.3 Å². The molecule has 32 heavy (non-hydrogen) atoms. The fraction of sp³-hybridized carbons (Fsp3) is 0.333. The van der Waals surface area contributed by atoms with Gasteiger partial charge in [0.05, 0.1) is 24.8 Å². The Kier molecular flexibility index (Phi) is 5.22. The number of para-hydroxylation sites is 1. The number of ketones is 1. The van der Waals surface area contributed by atoms with Crippen LogP contribution in [0.5, 0.6) is 17.2 Å². The van der Waals surface area contributed by atoms with Gasteiger partial charge in [-0.25, -0.2) is 0 Å². The lowest BCUT2D eigenvalue weighted by Gasteiger charge is -2.28. The normalized spacial score (nSPS) is 23.7. The van der Waals surface area contributed by atoms with Crippen molar-refractivity contribution in [1.82, 2.24) is 4.90 Å². The molecule has 2 fully saturated rings. The summed E-state index contributed by atoms with van der Waals surface area (Å²) < 4.78 is 22.0. The first-order chi connectivity index (χ1) is 15.6. The van der Waals surface area contributed by atoms with Crippen LogP contribution in [0.4, 0.5) is 0 Å². The molecule has 1 N–H and O–H groups in total. The number of methoxy groups -OCH3 is 1. The second-order valence-corrected chi connectivity index (χ2v) is 7.90. The zero-order valence-electron chi connectivity index (χ0n) is 17.6. The topological polar surface area (TPSA) is 94.5 Å². The number of carbonyl (C=O) groups is 2. The van der Waals surface area contributed by atoms with E-state index in [1.54, 1.807) is 30.3 Å². The van der Waals surface area contributed by atoms with Gasteiger partial charge in [-0.05, 0) is 37.1 Å². The van der Waals surface area contributed by atoms with Gasteiger partial charge in [0.25, 0.3) is 11.7 Å². The predicted molar refractivity (Wildman–Crippen MR) is 114 cm³/mol. The Labute approximate surface area is 184 Å². The van der Waals surface area contributed by atoms with Gasteiger partial charge in [0.2, 0.25) is 6.79 Å². The van der Waals surface area contributed by atoms with E-state index in [1.807, 2.05) is 12.1 Å². The van der Waals surface area contributed by atoms with Crippen molar-refractivity contribution in [1.29, 1.82) is 0 Å². The summed E-state index contributed by atoms with van der Waals surface area (Å²) in [7, 11) is 1.53. The average Bonchev–Trinajstić information content (AvgIpc) is 3.55. The molecule has 2 saturated heterocycles. The van der Waals surface area contributed by atoms with Crippen LogP contribution in [0.25, 0.3) is 5.76 Å². The summed E-state index contributed by atoms with van der Waals surface area (Å²) in [6.07, 6.45) is 1.56. The van der Waals surface area contributed by atoms with Gasteiger partial charge in [0.1, 0.15) is 11.5 Å². The number of aliphatic hydroxyl groups is 1. The molecular formula is C24H23NO7. The standard InChI is InChI=1S/C24H23NO7/c1-29-17-7-3-2-6-16(17)21-20(22(26)14-8-9-18-19(11-14)32-13-31-18)23(27)24(28)25(21)12-15-5-4-10-30-15/h2-3,6-9,11,15,21,26H,4-5,10,12-13H2,1H3/b22-20+. The van der Waals surface area contributed by atoms with Crippen molar-refractivity contribution in [3.05, 3.63) is 59.2 Å². The number of nitrogens with zero attached hydrogens (tertiary/aromatic N) is 1. The number of aliphatic hydroxyl groups excluding tert-OH is 1. The molecule has 166 valence electrons. The largest absolute Gasteiger partial charge is 0.507 e. The monoisotopic (exact) mass is 437 g/mol. The Morgan fingerprint density at radius 1 is 1.16 bits per heavy atom. The van der Waals surface area contributed by atoms with E-state index in [1.165, 1.54) is 12.0 Å². The van der Waals surface area contributed by atoms with E-state index in [0.717, 1.165) is 12.8 Å². The van der Waals surface area contributed by atoms with E-state index >= 15 is 0 Å². The van der Waals surface area contributed by atoms with E-state index < -0.39 is 17.7 Å². The average molecular weight is 437 g/mol. The van der Waals surface area contributed by atoms with Gasteiger partial charge in [-0.1, -0.05) is 18.2 Å². The number of ether oxygens (including phenoxy) is 4. The first kappa shape index (κ1) is 20.4. The minimum absolute atomic E-state index is 0.0105. The number of hydrogen-bond acceptors (Lipinski definition) is 7. The highest BCUT2D eigenvalue weighted by molar-refractivity contribution is 6.46. The van der Waals surface area contributed by atoms with E-state index in [4.69, 9.17) is 18.9 Å². The minimum Gasteiger partial charge on any atom is -0.507 e. The Hall–Kier alpha value is -3.52. The summed E-state index contributed by atoms with van der Waals surface area (Å²) in [5.41, 5.74) is 0.995. The van der Waals surface area contributed by atoms with Gasteiger partial charge in [0, 0.05) is 24.3 Å². The Balaban J connectivity index is 1.64. The second kappa shape index (κ2) is 8.20. The fourth-order valence-corrected chi connectivity index (χ4v) is 4.49. The lowest BCUT2D eigenvalue weighted by molar-refractivity contribution is -0.140. The maximum Gasteiger partial charge on any atom is 0.295 e. The molecule has 0 bridgehead atoms. The van der Waals surface area contributed by atoms with Crippen LogP contribution in [0.15, 0.2) is 48.0 Å². The molecule has 1 amide bonds. The molecule has 8 heteroatoms. The number of carbonyl (C=O) groups excluding carboxylic acids is 2. The second-order valence-electron chi connectivity index (χ2n) is 7.90. The summed E-state index contributed by atoms with van der Waals surface area (Å²) in [6.45, 7) is 0.975. The molecule has 3 aliphatic rings. The number of benzene rings is 2. The lowest BCUT2D eigenvalue weighted by Crippen LogP contribution is -2.36. The predicted octanol–water partition coefficient (Wildman–Crippen LogP) is 3.02. The molecule has 2 unspecified atom stereocenters. The third-order valence-corrected chi connectivity index (χ3v) is 6.04. The zero-order valence-corrected chi connectivity index (χ0v) is 17.6. The van der Waals surface area contributed by atoms with Gasteiger partial charge < -0.3 is 29.0 Å². The molecule has 5 rings (SSSR count). The summed E-state index contributed by atoms with van der Waals surface area (Å²) in [6, 6.07) is 11.3. The molecule has 0 aliphatic carbocycles. The van der Waals surface area contributed by atoms with Crippen molar-refractivity contribution in [2.45, 2.75) is 25.0 Å². The van der Waals surface area contributed by atoms with Crippen LogP contribution in [0.2, 0.25) is 0 Å². The number of hydrogen-bond donors (Lipinski definition) is 1. The molecule has 3 aliphatic heterocycles. The molecular weight excluding hydrogens is 414 g/mol. The Bertz CT molecular complexity index is 1100. The molecule has 0 aromatic heterocycles. The molecule has 2 aromatic carbocycles. The minimum atomic E-state index is -0.805. The summed E-state index contributed by atoms with van der Waals surface area (Å²) in [5.74, 6) is -0.133. The van der Waals surface area contributed by atoms with Crippen LogP contribution in [0, 0.1) is 0 Å². The van der Waals surface area contributed by atoms with Crippen molar-refractivity contribution in [2.75, 3.05) is 27.1 Å².